The van der Waals surface area contributed by atoms with Crippen molar-refractivity contribution in [2.24, 2.45) is 10.7 Å². The van der Waals surface area contributed by atoms with Gasteiger partial charge in [0.25, 0.3) is 0 Å². The summed E-state index contributed by atoms with van der Waals surface area (Å²) in [6.45, 7) is 0.690. The molecule has 108 valence electrons. The van der Waals surface area contributed by atoms with Crippen molar-refractivity contribution in [3.63, 3.8) is 0 Å². The molecule has 2 aliphatic heterocycles. The first-order valence-electron chi connectivity index (χ1n) is 6.39. The minimum atomic E-state index is 0. The maximum absolute atomic E-state index is 6.16. The maximum Gasteiger partial charge on any atom is 0.196 e. The topological polar surface area (TPSA) is 41.6 Å². The van der Waals surface area contributed by atoms with Crippen LogP contribution >= 0.6 is 40.3 Å². The van der Waals surface area contributed by atoms with Crippen LogP contribution in [0.5, 0.6) is 0 Å². The molecule has 0 aromatic heterocycles. The van der Waals surface area contributed by atoms with Gasteiger partial charge in [0.1, 0.15) is 0 Å². The summed E-state index contributed by atoms with van der Waals surface area (Å²) in [6, 6.07) is 14.5. The van der Waals surface area contributed by atoms with Crippen LogP contribution in [0.2, 0.25) is 5.02 Å². The number of rotatable bonds is 0. The van der Waals surface area contributed by atoms with Gasteiger partial charge in [0.05, 0.1) is 18.3 Å². The highest BCUT2D eigenvalue weighted by Gasteiger charge is 2.34. The molecule has 0 aliphatic carbocycles. The van der Waals surface area contributed by atoms with E-state index in [9.17, 15) is 0 Å². The van der Waals surface area contributed by atoms with Crippen LogP contribution in [0.1, 0.15) is 11.6 Å². The van der Waals surface area contributed by atoms with Crippen molar-refractivity contribution in [3.05, 3.63) is 53.1 Å². The summed E-state index contributed by atoms with van der Waals surface area (Å²) in [6.07, 6.45) is 0. The molecule has 0 saturated heterocycles. The number of hydrogen-bond acceptors (Lipinski definition) is 4. The van der Waals surface area contributed by atoms with Gasteiger partial charge >= 0.3 is 0 Å². The van der Waals surface area contributed by atoms with Crippen LogP contribution < -0.4 is 10.6 Å². The summed E-state index contributed by atoms with van der Waals surface area (Å²) >= 11 is 7.92. The lowest BCUT2D eigenvalue weighted by Crippen LogP contribution is -2.36. The van der Waals surface area contributed by atoms with E-state index in [2.05, 4.69) is 34.2 Å². The fourth-order valence-electron chi connectivity index (χ4n) is 2.76. The van der Waals surface area contributed by atoms with Gasteiger partial charge in [-0.25, -0.2) is 0 Å². The number of nitrogens with zero attached hydrogens (tertiary/aromatic N) is 2. The molecule has 21 heavy (non-hydrogen) atoms. The summed E-state index contributed by atoms with van der Waals surface area (Å²) in [7, 11) is 0. The van der Waals surface area contributed by atoms with E-state index in [4.69, 9.17) is 17.3 Å². The molecule has 3 nitrogen and oxygen atoms in total. The predicted molar refractivity (Wildman–Crippen MR) is 94.0 cm³/mol. The lowest BCUT2D eigenvalue weighted by Gasteiger charge is -2.26. The Hall–Kier alpha value is -1.17. The van der Waals surface area contributed by atoms with Gasteiger partial charge < -0.3 is 10.6 Å². The van der Waals surface area contributed by atoms with Gasteiger partial charge in [-0.2, -0.15) is 0 Å². The summed E-state index contributed by atoms with van der Waals surface area (Å²) in [5.41, 5.74) is 8.42. The van der Waals surface area contributed by atoms with Crippen LogP contribution in [0.15, 0.2) is 57.2 Å². The number of halogens is 2. The molecule has 2 aliphatic rings. The Morgan fingerprint density at radius 1 is 1.19 bits per heavy atom. The second-order valence-electron chi connectivity index (χ2n) is 4.84. The van der Waals surface area contributed by atoms with Crippen LogP contribution in [0.25, 0.3) is 0 Å². The first-order chi connectivity index (χ1) is 9.74. The van der Waals surface area contributed by atoms with E-state index < -0.39 is 0 Å². The van der Waals surface area contributed by atoms with Gasteiger partial charge in [-0.15, -0.1) is 17.0 Å². The number of nitrogens with two attached hydrogens (primary N) is 1. The minimum Gasteiger partial charge on any atom is -0.369 e. The van der Waals surface area contributed by atoms with Crippen molar-refractivity contribution in [2.75, 3.05) is 11.4 Å². The van der Waals surface area contributed by atoms with Crippen molar-refractivity contribution >= 4 is 52.0 Å². The Bertz CT molecular complexity index is 735. The summed E-state index contributed by atoms with van der Waals surface area (Å²) in [5.74, 6) is 0.566. The second kappa shape index (κ2) is 5.55. The Morgan fingerprint density at radius 3 is 2.86 bits per heavy atom. The largest absolute Gasteiger partial charge is 0.369 e. The molecule has 4 rings (SSSR count). The quantitative estimate of drug-likeness (QED) is 0.740. The number of benzene rings is 2. The molecular weight excluding hydrogens is 370 g/mol. The summed E-state index contributed by atoms with van der Waals surface area (Å²) in [4.78, 5) is 8.93. The first-order valence-corrected chi connectivity index (χ1v) is 7.59. The molecule has 2 heterocycles. The zero-order valence-corrected chi connectivity index (χ0v) is 14.3. The lowest BCUT2D eigenvalue weighted by molar-refractivity contribution is 0.753. The lowest BCUT2D eigenvalue weighted by atomic mass is 10.1. The number of hydrogen-bond donors (Lipinski definition) is 1. The third-order valence-electron chi connectivity index (χ3n) is 3.66. The second-order valence-corrected chi connectivity index (χ2v) is 6.36. The van der Waals surface area contributed by atoms with Crippen LogP contribution in [0.3, 0.4) is 0 Å². The summed E-state index contributed by atoms with van der Waals surface area (Å²) < 4.78 is 0. The van der Waals surface area contributed by atoms with E-state index in [1.165, 1.54) is 10.5 Å². The predicted octanol–water partition coefficient (Wildman–Crippen LogP) is 4.26. The van der Waals surface area contributed by atoms with Crippen LogP contribution in [0.4, 0.5) is 5.69 Å². The Labute approximate surface area is 143 Å². The highest BCUT2D eigenvalue weighted by molar-refractivity contribution is 8.93. The van der Waals surface area contributed by atoms with Crippen molar-refractivity contribution in [2.45, 2.75) is 15.8 Å². The number of aliphatic imine (C=N–C) groups is 1. The molecule has 0 spiro atoms. The van der Waals surface area contributed by atoms with Gasteiger partial charge in [0, 0.05) is 14.8 Å². The van der Waals surface area contributed by atoms with Gasteiger partial charge in [0.15, 0.2) is 5.96 Å². The smallest absolute Gasteiger partial charge is 0.196 e. The molecule has 0 saturated carbocycles. The molecular formula is C15H13BrClN3S. The number of guanidine groups is 1. The molecule has 2 aromatic rings. The third kappa shape index (κ3) is 2.33. The van der Waals surface area contributed by atoms with E-state index in [0.29, 0.717) is 17.5 Å². The molecule has 1 unspecified atom stereocenters. The zero-order valence-electron chi connectivity index (χ0n) is 11.0. The number of fused-ring (bicyclic) bond motifs is 5. The third-order valence-corrected chi connectivity index (χ3v) is 5.06. The van der Waals surface area contributed by atoms with Crippen molar-refractivity contribution in [1.29, 1.82) is 0 Å². The average Bonchev–Trinajstić information content (AvgIpc) is 2.76. The standard InChI is InChI=1S/C15H12ClN3S.BrH/c16-9-5-6-14-11(7-9)19-12(8-18-15(19)17)10-3-1-2-4-13(10)20-14;/h1-7,12H,8H2,(H2,17,18);1H. The van der Waals surface area contributed by atoms with Crippen molar-refractivity contribution in [3.8, 4) is 0 Å². The fraction of sp³-hybridized carbons (Fsp3) is 0.133. The van der Waals surface area contributed by atoms with E-state index in [1.54, 1.807) is 11.8 Å². The highest BCUT2D eigenvalue weighted by Crippen LogP contribution is 2.47. The molecule has 1 atom stereocenters. The number of anilines is 1. The monoisotopic (exact) mass is 381 g/mol. The molecule has 0 fully saturated rings. The van der Waals surface area contributed by atoms with Crippen molar-refractivity contribution in [1.82, 2.24) is 0 Å². The van der Waals surface area contributed by atoms with Gasteiger partial charge in [-0.3, -0.25) is 4.99 Å². The highest BCUT2D eigenvalue weighted by atomic mass is 79.9. The van der Waals surface area contributed by atoms with Crippen LogP contribution in [0, 0.1) is 0 Å². The van der Waals surface area contributed by atoms with E-state index in [-0.39, 0.29) is 23.0 Å². The zero-order chi connectivity index (χ0) is 13.7. The maximum atomic E-state index is 6.16. The normalized spacial score (nSPS) is 18.8. The van der Waals surface area contributed by atoms with Gasteiger partial charge in [-0.05, 0) is 29.8 Å². The van der Waals surface area contributed by atoms with E-state index >= 15 is 0 Å². The van der Waals surface area contributed by atoms with Crippen LogP contribution in [-0.4, -0.2) is 12.5 Å². The van der Waals surface area contributed by atoms with Crippen molar-refractivity contribution < 1.29 is 0 Å². The van der Waals surface area contributed by atoms with Crippen LogP contribution in [-0.2, 0) is 0 Å². The summed E-state index contributed by atoms with van der Waals surface area (Å²) in [5, 5.41) is 0.716. The van der Waals surface area contributed by atoms with Gasteiger partial charge in [0.2, 0.25) is 0 Å². The SMILES string of the molecule is Br.NC1=NCC2c3ccccc3Sc3ccc(Cl)cc3N12. The molecule has 0 bridgehead atoms. The molecule has 0 radical (unpaired) electrons. The Kier molecular flexibility index (Phi) is 3.90. The Morgan fingerprint density at radius 2 is 2.00 bits per heavy atom. The molecule has 2 aromatic carbocycles. The average molecular weight is 383 g/mol. The van der Waals surface area contributed by atoms with Gasteiger partial charge in [-0.1, -0.05) is 41.6 Å². The molecule has 2 N–H and O–H groups in total. The van der Waals surface area contributed by atoms with E-state index in [0.717, 1.165) is 10.6 Å². The first kappa shape index (κ1) is 14.8. The fourth-order valence-corrected chi connectivity index (χ4v) is 4.03. The molecule has 0 amide bonds. The Balaban J connectivity index is 0.00000132. The van der Waals surface area contributed by atoms with E-state index in [1.807, 2.05) is 18.2 Å². The minimum absolute atomic E-state index is 0. The molecule has 6 heteroatoms.